The third kappa shape index (κ3) is 6.24. The lowest BCUT2D eigenvalue weighted by atomic mass is 9.68. The minimum absolute atomic E-state index is 0.580. The largest absolute Gasteiger partial charge is 0.309 e. The van der Waals surface area contributed by atoms with Gasteiger partial charge in [-0.15, -0.1) is 0 Å². The van der Waals surface area contributed by atoms with Crippen LogP contribution in [0.3, 0.4) is 0 Å². The van der Waals surface area contributed by atoms with Crippen molar-refractivity contribution >= 4 is 49.4 Å². The second kappa shape index (κ2) is 16.3. The third-order valence-electron chi connectivity index (χ3n) is 14.3. The van der Waals surface area contributed by atoms with Gasteiger partial charge in [-0.05, 0) is 113 Å². The first-order valence-corrected chi connectivity index (χ1v) is 23.6. The van der Waals surface area contributed by atoms with Gasteiger partial charge < -0.3 is 4.90 Å². The molecule has 0 amide bonds. The monoisotopic (exact) mass is 863 g/mol. The van der Waals surface area contributed by atoms with Crippen LogP contribution in [0, 0.1) is 0 Å². The molecule has 12 aromatic carbocycles. The van der Waals surface area contributed by atoms with E-state index in [0.717, 1.165) is 28.2 Å². The number of rotatable bonds is 8. The fraction of sp³-hybridized carbons (Fsp3) is 0.0149. The molecule has 1 heteroatoms. The van der Waals surface area contributed by atoms with Crippen molar-refractivity contribution in [1.29, 1.82) is 0 Å². The average Bonchev–Trinajstić information content (AvgIpc) is 3.73. The van der Waals surface area contributed by atoms with Crippen molar-refractivity contribution in [2.45, 2.75) is 5.41 Å². The van der Waals surface area contributed by atoms with E-state index in [1.165, 1.54) is 88.0 Å². The number of fused-ring (bicyclic) bond motifs is 7. The van der Waals surface area contributed by atoms with E-state index in [2.05, 4.69) is 278 Å². The van der Waals surface area contributed by atoms with Gasteiger partial charge in [-0.2, -0.15) is 0 Å². The Morgan fingerprint density at radius 1 is 0.279 bits per heavy atom. The van der Waals surface area contributed by atoms with Gasteiger partial charge in [0.25, 0.3) is 0 Å². The molecule has 0 spiro atoms. The number of hydrogen-bond acceptors (Lipinski definition) is 1. The van der Waals surface area contributed by atoms with E-state index in [1.54, 1.807) is 0 Å². The van der Waals surface area contributed by atoms with Gasteiger partial charge in [0.15, 0.2) is 0 Å². The number of anilines is 3. The first kappa shape index (κ1) is 39.6. The lowest BCUT2D eigenvalue weighted by Gasteiger charge is -2.35. The fourth-order valence-electron chi connectivity index (χ4n) is 11.4. The predicted octanol–water partition coefficient (Wildman–Crippen LogP) is 18.0. The minimum atomic E-state index is -0.580. The first-order valence-electron chi connectivity index (χ1n) is 23.6. The summed E-state index contributed by atoms with van der Waals surface area (Å²) in [5, 5.41) is 7.27. The van der Waals surface area contributed by atoms with Crippen LogP contribution in [0.5, 0.6) is 0 Å². The van der Waals surface area contributed by atoms with Gasteiger partial charge in [0, 0.05) is 22.2 Å². The zero-order valence-corrected chi connectivity index (χ0v) is 37.4. The van der Waals surface area contributed by atoms with Gasteiger partial charge >= 0.3 is 0 Å². The first-order chi connectivity index (χ1) is 33.8. The fourth-order valence-corrected chi connectivity index (χ4v) is 11.4. The maximum Gasteiger partial charge on any atom is 0.0714 e. The van der Waals surface area contributed by atoms with Gasteiger partial charge in [-0.3, -0.25) is 0 Å². The Morgan fingerprint density at radius 3 is 1.43 bits per heavy atom. The average molecular weight is 864 g/mol. The van der Waals surface area contributed by atoms with Crippen LogP contribution in [0.25, 0.3) is 76.8 Å². The molecule has 0 bridgehead atoms. The molecule has 68 heavy (non-hydrogen) atoms. The van der Waals surface area contributed by atoms with Crippen LogP contribution >= 0.6 is 0 Å². The van der Waals surface area contributed by atoms with E-state index in [1.807, 2.05) is 0 Å². The predicted molar refractivity (Wildman–Crippen MR) is 287 cm³/mol. The summed E-state index contributed by atoms with van der Waals surface area (Å²) in [5.41, 5.74) is 17.2. The van der Waals surface area contributed by atoms with Crippen molar-refractivity contribution in [3.05, 3.63) is 295 Å². The van der Waals surface area contributed by atoms with Crippen LogP contribution in [-0.2, 0) is 5.41 Å². The molecule has 318 valence electrons. The zero-order chi connectivity index (χ0) is 45.0. The molecule has 13 rings (SSSR count). The molecule has 0 atom stereocenters. The highest BCUT2D eigenvalue weighted by atomic mass is 15.2. The summed E-state index contributed by atoms with van der Waals surface area (Å²) in [5.74, 6) is 0. The van der Waals surface area contributed by atoms with Crippen LogP contribution in [-0.4, -0.2) is 0 Å². The van der Waals surface area contributed by atoms with E-state index < -0.39 is 5.41 Å². The zero-order valence-electron chi connectivity index (χ0n) is 37.4. The summed E-state index contributed by atoms with van der Waals surface area (Å²) in [6, 6.07) is 101. The molecule has 1 aliphatic rings. The smallest absolute Gasteiger partial charge is 0.0714 e. The summed E-state index contributed by atoms with van der Waals surface area (Å²) < 4.78 is 0. The van der Waals surface area contributed by atoms with E-state index in [4.69, 9.17) is 0 Å². The molecule has 0 aromatic heterocycles. The van der Waals surface area contributed by atoms with E-state index in [-0.39, 0.29) is 0 Å². The van der Waals surface area contributed by atoms with Crippen molar-refractivity contribution < 1.29 is 0 Å². The molecule has 0 N–H and O–H groups in total. The molecule has 12 aromatic rings. The molecule has 1 nitrogen and oxygen atoms in total. The molecule has 1 aliphatic carbocycles. The van der Waals surface area contributed by atoms with Crippen molar-refractivity contribution in [2.75, 3.05) is 4.90 Å². The van der Waals surface area contributed by atoms with Gasteiger partial charge in [0.1, 0.15) is 0 Å². The molecule has 0 heterocycles. The van der Waals surface area contributed by atoms with Crippen LogP contribution in [0.2, 0.25) is 0 Å². The Balaban J connectivity index is 1.23. The lowest BCUT2D eigenvalue weighted by Crippen LogP contribution is -2.28. The topological polar surface area (TPSA) is 3.24 Å². The Bertz CT molecular complexity index is 3740. The highest BCUT2D eigenvalue weighted by molar-refractivity contribution is 6.23. The summed E-state index contributed by atoms with van der Waals surface area (Å²) in [6.45, 7) is 0. The quantitative estimate of drug-likeness (QED) is 0.138. The normalized spacial score (nSPS) is 12.5. The molecular formula is C67H45N. The van der Waals surface area contributed by atoms with Gasteiger partial charge in [-0.1, -0.05) is 243 Å². The summed E-state index contributed by atoms with van der Waals surface area (Å²) in [7, 11) is 0. The summed E-state index contributed by atoms with van der Waals surface area (Å²) >= 11 is 0. The van der Waals surface area contributed by atoms with Gasteiger partial charge in [-0.25, -0.2) is 0 Å². The Hall–Kier alpha value is -8.78. The highest BCUT2D eigenvalue weighted by Gasteiger charge is 2.47. The molecule has 0 saturated carbocycles. The van der Waals surface area contributed by atoms with Crippen molar-refractivity contribution in [3.8, 4) is 44.5 Å². The Morgan fingerprint density at radius 2 is 0.779 bits per heavy atom. The molecule has 0 radical (unpaired) electrons. The molecule has 0 saturated heterocycles. The second-order valence-corrected chi connectivity index (χ2v) is 17.9. The van der Waals surface area contributed by atoms with Crippen molar-refractivity contribution in [3.63, 3.8) is 0 Å². The van der Waals surface area contributed by atoms with E-state index >= 15 is 0 Å². The van der Waals surface area contributed by atoms with Crippen LogP contribution in [0.1, 0.15) is 22.3 Å². The molecule has 0 unspecified atom stereocenters. The Labute approximate surface area is 397 Å². The number of nitrogens with zero attached hydrogens (tertiary/aromatic N) is 1. The maximum absolute atomic E-state index is 2.62. The third-order valence-corrected chi connectivity index (χ3v) is 14.3. The van der Waals surface area contributed by atoms with Gasteiger partial charge in [0.2, 0.25) is 0 Å². The van der Waals surface area contributed by atoms with Gasteiger partial charge in [0.05, 0.1) is 16.8 Å². The lowest BCUT2D eigenvalue weighted by molar-refractivity contribution is 0.768. The standard InChI is InChI=1S/C67H45N/c1-5-22-46(23-6-1)51-43-52(47-24-7-2-8-25-47)45-55(44-51)68(66-59-35-18-16-33-57(59)56-32-15-17-34-58(56)64(66)50-41-40-48-26-13-14-27-49(48)42-50)63-39-21-38-62-65(63)60-36-19-20-37-61(60)67(62,53-28-9-3-10-29-53)54-30-11-4-12-31-54/h1-45H. The second-order valence-electron chi connectivity index (χ2n) is 17.9. The SMILES string of the molecule is c1ccc(-c2cc(-c3ccccc3)cc(N(c3cccc4c3-c3ccccc3C4(c3ccccc3)c3ccccc3)c3c(-c4ccc5ccccc5c4)c4ccccc4c4ccccc34)c2)cc1. The number of benzene rings is 12. The Kier molecular flexibility index (Phi) is 9.47. The highest BCUT2D eigenvalue weighted by Crippen LogP contribution is 2.61. The summed E-state index contributed by atoms with van der Waals surface area (Å²) in [4.78, 5) is 2.62. The van der Waals surface area contributed by atoms with Crippen LogP contribution in [0.15, 0.2) is 273 Å². The van der Waals surface area contributed by atoms with Crippen LogP contribution < -0.4 is 4.90 Å². The van der Waals surface area contributed by atoms with E-state index in [0.29, 0.717) is 0 Å². The van der Waals surface area contributed by atoms with Crippen molar-refractivity contribution in [2.24, 2.45) is 0 Å². The summed E-state index contributed by atoms with van der Waals surface area (Å²) in [6.07, 6.45) is 0. The molecule has 0 fully saturated rings. The maximum atomic E-state index is 2.62. The molecular weight excluding hydrogens is 819 g/mol. The minimum Gasteiger partial charge on any atom is -0.309 e. The van der Waals surface area contributed by atoms with E-state index in [9.17, 15) is 0 Å². The molecule has 0 aliphatic heterocycles. The van der Waals surface area contributed by atoms with Crippen molar-refractivity contribution in [1.82, 2.24) is 0 Å². The van der Waals surface area contributed by atoms with Crippen LogP contribution in [0.4, 0.5) is 17.1 Å². The number of hydrogen-bond donors (Lipinski definition) is 0.